The molecule has 4 nitrogen and oxygen atoms in total. The quantitative estimate of drug-likeness (QED) is 0.604. The van der Waals surface area contributed by atoms with Crippen LogP contribution in [0.25, 0.3) is 0 Å². The zero-order valence-electron chi connectivity index (χ0n) is 9.32. The van der Waals surface area contributed by atoms with Crippen molar-refractivity contribution in [2.24, 2.45) is 0 Å². The zero-order chi connectivity index (χ0) is 13.5. The van der Waals surface area contributed by atoms with E-state index >= 15 is 0 Å². The summed E-state index contributed by atoms with van der Waals surface area (Å²) in [6.07, 6.45) is -4.25. The van der Waals surface area contributed by atoms with Gasteiger partial charge in [-0.05, 0) is 0 Å². The van der Waals surface area contributed by atoms with E-state index in [1.807, 2.05) is 0 Å². The topological polar surface area (TPSA) is 55.2 Å². The number of halogens is 4. The lowest BCUT2D eigenvalue weighted by atomic mass is 10.2. The van der Waals surface area contributed by atoms with Crippen LogP contribution in [0.1, 0.15) is 23.5 Å². The van der Waals surface area contributed by atoms with Gasteiger partial charge in [0.1, 0.15) is 18.1 Å². The third-order valence-electron chi connectivity index (χ3n) is 2.04. The third kappa shape index (κ3) is 4.53. The molecular weight excluding hydrogens is 256 g/mol. The molecule has 18 heavy (non-hydrogen) atoms. The molecule has 0 aliphatic carbocycles. The lowest BCUT2D eigenvalue weighted by Crippen LogP contribution is -2.10. The van der Waals surface area contributed by atoms with Crippen molar-refractivity contribution >= 4 is 0 Å². The average molecular weight is 268 g/mol. The Kier molecular flexibility index (Phi) is 5.93. The predicted octanol–water partition coefficient (Wildman–Crippen LogP) is 1.73. The van der Waals surface area contributed by atoms with Gasteiger partial charge in [0.2, 0.25) is 0 Å². The van der Waals surface area contributed by atoms with Crippen LogP contribution in [-0.2, 0) is 17.8 Å². The minimum absolute atomic E-state index is 0.0535. The number of rotatable bonds is 7. The molecule has 0 amide bonds. The summed E-state index contributed by atoms with van der Waals surface area (Å²) in [7, 11) is 0. The van der Waals surface area contributed by atoms with Crippen LogP contribution in [0.4, 0.5) is 17.6 Å². The van der Waals surface area contributed by atoms with Gasteiger partial charge in [-0.1, -0.05) is 0 Å². The van der Waals surface area contributed by atoms with E-state index in [0.717, 1.165) is 6.20 Å². The Morgan fingerprint density at radius 1 is 1.28 bits per heavy atom. The smallest absolute Gasteiger partial charge is 0.280 e. The molecule has 0 aromatic carbocycles. The highest BCUT2D eigenvalue weighted by molar-refractivity contribution is 5.17. The van der Waals surface area contributed by atoms with E-state index < -0.39 is 31.8 Å². The van der Waals surface area contributed by atoms with Crippen molar-refractivity contribution in [1.82, 2.24) is 9.97 Å². The summed E-state index contributed by atoms with van der Waals surface area (Å²) in [5.74, 6) is 0.0665. The number of hydrogen-bond donors (Lipinski definition) is 1. The van der Waals surface area contributed by atoms with E-state index in [4.69, 9.17) is 5.11 Å². The summed E-state index contributed by atoms with van der Waals surface area (Å²) in [4.78, 5) is 7.31. The molecule has 0 radical (unpaired) electrons. The van der Waals surface area contributed by atoms with Crippen LogP contribution in [-0.4, -0.2) is 34.7 Å². The molecule has 0 aliphatic rings. The summed E-state index contributed by atoms with van der Waals surface area (Å²) in [5, 5.41) is 8.81. The highest BCUT2D eigenvalue weighted by Crippen LogP contribution is 2.20. The van der Waals surface area contributed by atoms with Gasteiger partial charge in [0.25, 0.3) is 12.9 Å². The Bertz CT molecular complexity index is 377. The lowest BCUT2D eigenvalue weighted by Gasteiger charge is -2.07. The number of aliphatic hydroxyl groups is 1. The highest BCUT2D eigenvalue weighted by Gasteiger charge is 2.16. The van der Waals surface area contributed by atoms with E-state index in [1.165, 1.54) is 0 Å². The van der Waals surface area contributed by atoms with Gasteiger partial charge in [-0.2, -0.15) is 0 Å². The second-order valence-corrected chi connectivity index (χ2v) is 3.37. The molecule has 0 fully saturated rings. The van der Waals surface area contributed by atoms with Gasteiger partial charge in [-0.25, -0.2) is 27.5 Å². The summed E-state index contributed by atoms with van der Waals surface area (Å²) in [5.41, 5.74) is -0.599. The van der Waals surface area contributed by atoms with Gasteiger partial charge in [0, 0.05) is 18.2 Å². The molecule has 8 heteroatoms. The fraction of sp³-hybridized carbons (Fsp3) is 0.600. The molecule has 1 heterocycles. The summed E-state index contributed by atoms with van der Waals surface area (Å²) in [6.45, 7) is -1.37. The van der Waals surface area contributed by atoms with Crippen molar-refractivity contribution in [3.8, 4) is 0 Å². The van der Waals surface area contributed by atoms with Crippen molar-refractivity contribution in [2.45, 2.75) is 25.9 Å². The summed E-state index contributed by atoms with van der Waals surface area (Å²) in [6, 6.07) is 0. The van der Waals surface area contributed by atoms with E-state index in [2.05, 4.69) is 14.7 Å². The van der Waals surface area contributed by atoms with Crippen molar-refractivity contribution < 1.29 is 27.4 Å². The second-order valence-electron chi connectivity index (χ2n) is 3.37. The fourth-order valence-electron chi connectivity index (χ4n) is 1.23. The molecule has 0 saturated carbocycles. The molecule has 0 spiro atoms. The molecule has 0 unspecified atom stereocenters. The molecule has 102 valence electrons. The van der Waals surface area contributed by atoms with Gasteiger partial charge in [-0.15, -0.1) is 0 Å². The number of alkyl halides is 4. The Morgan fingerprint density at radius 2 is 2.00 bits per heavy atom. The van der Waals surface area contributed by atoms with Crippen LogP contribution < -0.4 is 0 Å². The molecule has 1 aromatic heterocycles. The van der Waals surface area contributed by atoms with Crippen molar-refractivity contribution in [3.05, 3.63) is 23.3 Å². The maximum atomic E-state index is 12.6. The van der Waals surface area contributed by atoms with Crippen molar-refractivity contribution in [3.63, 3.8) is 0 Å². The zero-order valence-corrected chi connectivity index (χ0v) is 9.32. The average Bonchev–Trinajstić information content (AvgIpc) is 2.34. The van der Waals surface area contributed by atoms with E-state index in [-0.39, 0.29) is 24.4 Å². The number of aliphatic hydroxyl groups excluding tert-OH is 1. The van der Waals surface area contributed by atoms with Gasteiger partial charge < -0.3 is 9.84 Å². The summed E-state index contributed by atoms with van der Waals surface area (Å²) < 4.78 is 53.2. The normalized spacial score (nSPS) is 11.5. The second kappa shape index (κ2) is 7.22. The largest absolute Gasteiger partial charge is 0.392 e. The Labute approximate surface area is 101 Å². The standard InChI is InChI=1S/C10H12F4N2O2/c11-7(12)5-18-2-1-8-15-3-6(4-17)9(16-8)10(13)14/h3,7,10,17H,1-2,4-5H2. The maximum Gasteiger partial charge on any atom is 0.280 e. The Morgan fingerprint density at radius 3 is 2.56 bits per heavy atom. The molecule has 1 N–H and O–H groups in total. The van der Waals surface area contributed by atoms with Crippen LogP contribution in [0.15, 0.2) is 6.20 Å². The van der Waals surface area contributed by atoms with Crippen LogP contribution in [0.5, 0.6) is 0 Å². The monoisotopic (exact) mass is 268 g/mol. The highest BCUT2D eigenvalue weighted by atomic mass is 19.3. The first-order valence-corrected chi connectivity index (χ1v) is 5.14. The lowest BCUT2D eigenvalue weighted by molar-refractivity contribution is 0.0182. The van der Waals surface area contributed by atoms with E-state index in [9.17, 15) is 17.6 Å². The van der Waals surface area contributed by atoms with E-state index in [1.54, 1.807) is 0 Å². The molecular formula is C10H12F4N2O2. The van der Waals surface area contributed by atoms with Gasteiger partial charge in [0.15, 0.2) is 0 Å². The van der Waals surface area contributed by atoms with Crippen LogP contribution in [0.2, 0.25) is 0 Å². The Balaban J connectivity index is 2.59. The van der Waals surface area contributed by atoms with Gasteiger partial charge >= 0.3 is 0 Å². The first-order valence-electron chi connectivity index (χ1n) is 5.14. The number of aromatic nitrogens is 2. The summed E-state index contributed by atoms with van der Waals surface area (Å²) >= 11 is 0. The SMILES string of the molecule is OCc1cnc(CCOCC(F)F)nc1C(F)F. The number of nitrogens with zero attached hydrogens (tertiary/aromatic N) is 2. The maximum absolute atomic E-state index is 12.6. The van der Waals surface area contributed by atoms with Gasteiger partial charge in [0.05, 0.1) is 13.2 Å². The number of ether oxygens (including phenoxy) is 1. The van der Waals surface area contributed by atoms with Gasteiger partial charge in [-0.3, -0.25) is 0 Å². The first kappa shape index (κ1) is 14.8. The molecule has 0 aliphatic heterocycles. The Hall–Kier alpha value is -1.28. The molecule has 1 rings (SSSR count). The fourth-order valence-corrected chi connectivity index (χ4v) is 1.23. The number of hydrogen-bond acceptors (Lipinski definition) is 4. The molecule has 0 bridgehead atoms. The minimum atomic E-state index is -2.82. The predicted molar refractivity (Wildman–Crippen MR) is 53.4 cm³/mol. The van der Waals surface area contributed by atoms with Crippen LogP contribution >= 0.6 is 0 Å². The molecule has 0 atom stereocenters. The van der Waals surface area contributed by atoms with Crippen LogP contribution in [0, 0.1) is 0 Å². The van der Waals surface area contributed by atoms with Crippen molar-refractivity contribution in [2.75, 3.05) is 13.2 Å². The van der Waals surface area contributed by atoms with Crippen LogP contribution in [0.3, 0.4) is 0 Å². The minimum Gasteiger partial charge on any atom is -0.392 e. The third-order valence-corrected chi connectivity index (χ3v) is 2.04. The van der Waals surface area contributed by atoms with Crippen molar-refractivity contribution in [1.29, 1.82) is 0 Å². The molecule has 0 saturated heterocycles. The first-order chi connectivity index (χ1) is 8.54. The molecule has 1 aromatic rings. The van der Waals surface area contributed by atoms with E-state index in [0.29, 0.717) is 0 Å².